The van der Waals surface area contributed by atoms with Gasteiger partial charge in [0.25, 0.3) is 5.91 Å². The summed E-state index contributed by atoms with van der Waals surface area (Å²) in [6.07, 6.45) is 4.39. The number of carbonyl (C=O) groups is 1. The molecule has 2 heterocycles. The van der Waals surface area contributed by atoms with E-state index in [2.05, 4.69) is 14.9 Å². The van der Waals surface area contributed by atoms with Crippen LogP contribution in [0.2, 0.25) is 0 Å². The third kappa shape index (κ3) is 4.56. The van der Waals surface area contributed by atoms with Gasteiger partial charge in [-0.05, 0) is 56.5 Å². The van der Waals surface area contributed by atoms with Crippen LogP contribution < -0.4 is 4.72 Å². The van der Waals surface area contributed by atoms with Crippen LogP contribution in [0.3, 0.4) is 0 Å². The van der Waals surface area contributed by atoms with E-state index in [1.807, 2.05) is 24.8 Å². The van der Waals surface area contributed by atoms with Crippen molar-refractivity contribution in [3.63, 3.8) is 0 Å². The largest absolute Gasteiger partial charge is 0.338 e. The molecule has 7 nitrogen and oxygen atoms in total. The minimum absolute atomic E-state index is 0.0713. The second-order valence-corrected chi connectivity index (χ2v) is 8.77. The fourth-order valence-corrected chi connectivity index (χ4v) is 4.61. The summed E-state index contributed by atoms with van der Waals surface area (Å²) in [7, 11) is -3.56. The fraction of sp³-hybridized carbons (Fsp3) is 0.474. The number of nitrogens with one attached hydrogen (secondary N) is 2. The molecule has 1 aliphatic rings. The predicted molar refractivity (Wildman–Crippen MR) is 103 cm³/mol. The smallest absolute Gasteiger partial charge is 0.253 e. The number of aromatic amines is 1. The molecule has 1 fully saturated rings. The molecule has 1 aliphatic heterocycles. The van der Waals surface area contributed by atoms with Gasteiger partial charge >= 0.3 is 0 Å². The van der Waals surface area contributed by atoms with Crippen molar-refractivity contribution in [3.8, 4) is 0 Å². The molecular weight excluding hydrogens is 364 g/mol. The molecule has 1 saturated heterocycles. The Kier molecular flexibility index (Phi) is 5.96. The second-order valence-electron chi connectivity index (χ2n) is 7.06. The normalized spacial score (nSPS) is 19.0. The Morgan fingerprint density at radius 2 is 2.07 bits per heavy atom. The zero-order valence-electron chi connectivity index (χ0n) is 15.7. The Morgan fingerprint density at radius 1 is 1.33 bits per heavy atom. The maximum absolute atomic E-state index is 12.8. The Bertz CT molecular complexity index is 863. The van der Waals surface area contributed by atoms with Crippen LogP contribution in [-0.2, 0) is 10.0 Å². The number of likely N-dealkylation sites (tertiary alicyclic amines) is 1. The van der Waals surface area contributed by atoms with Crippen LogP contribution in [0.5, 0.6) is 0 Å². The topological polar surface area (TPSA) is 95.2 Å². The quantitative estimate of drug-likeness (QED) is 0.792. The number of hydrogen-bond donors (Lipinski definition) is 2. The van der Waals surface area contributed by atoms with Gasteiger partial charge in [-0.15, -0.1) is 0 Å². The maximum Gasteiger partial charge on any atom is 0.253 e. The molecule has 2 aromatic rings. The summed E-state index contributed by atoms with van der Waals surface area (Å²) < 4.78 is 27.3. The molecule has 146 valence electrons. The van der Waals surface area contributed by atoms with Gasteiger partial charge in [0.15, 0.2) is 0 Å². The number of aromatic nitrogens is 2. The van der Waals surface area contributed by atoms with E-state index < -0.39 is 10.0 Å². The van der Waals surface area contributed by atoms with Crippen molar-refractivity contribution in [1.29, 1.82) is 0 Å². The molecule has 0 spiro atoms. The molecule has 27 heavy (non-hydrogen) atoms. The van der Waals surface area contributed by atoms with Crippen LogP contribution in [0.15, 0.2) is 41.4 Å². The molecule has 2 N–H and O–H groups in total. The van der Waals surface area contributed by atoms with Crippen LogP contribution in [0.25, 0.3) is 0 Å². The Hall–Kier alpha value is -2.19. The molecule has 8 heteroatoms. The highest BCUT2D eigenvalue weighted by Gasteiger charge is 2.26. The van der Waals surface area contributed by atoms with Gasteiger partial charge in [0.05, 0.1) is 4.90 Å². The molecule has 1 aromatic carbocycles. The lowest BCUT2D eigenvalue weighted by molar-refractivity contribution is 0.0705. The lowest BCUT2D eigenvalue weighted by Crippen LogP contribution is -2.39. The maximum atomic E-state index is 12.8. The fourth-order valence-electron chi connectivity index (χ4n) is 3.28. The summed E-state index contributed by atoms with van der Waals surface area (Å²) >= 11 is 0. The van der Waals surface area contributed by atoms with Crippen molar-refractivity contribution in [2.24, 2.45) is 0 Å². The first-order valence-corrected chi connectivity index (χ1v) is 10.8. The van der Waals surface area contributed by atoms with Gasteiger partial charge in [-0.1, -0.05) is 6.92 Å². The lowest BCUT2D eigenvalue weighted by Gasteiger charge is -2.32. The van der Waals surface area contributed by atoms with Crippen LogP contribution in [0.4, 0.5) is 0 Å². The van der Waals surface area contributed by atoms with Crippen molar-refractivity contribution in [2.75, 3.05) is 13.1 Å². The van der Waals surface area contributed by atoms with E-state index in [1.54, 1.807) is 18.3 Å². The Balaban J connectivity index is 1.70. The Labute approximate surface area is 160 Å². The first-order valence-electron chi connectivity index (χ1n) is 9.31. The number of sulfonamides is 1. The predicted octanol–water partition coefficient (Wildman–Crippen LogP) is 2.51. The number of benzene rings is 1. The Morgan fingerprint density at radius 3 is 2.70 bits per heavy atom. The monoisotopic (exact) mass is 390 g/mol. The lowest BCUT2D eigenvalue weighted by atomic mass is 9.94. The highest BCUT2D eigenvalue weighted by molar-refractivity contribution is 7.89. The molecule has 0 aliphatic carbocycles. The number of hydrogen-bond acceptors (Lipinski definition) is 4. The molecular formula is C19H26N4O3S. The van der Waals surface area contributed by atoms with Gasteiger partial charge in [-0.25, -0.2) is 13.1 Å². The van der Waals surface area contributed by atoms with Crippen molar-refractivity contribution in [2.45, 2.75) is 50.0 Å². The second kappa shape index (κ2) is 8.22. The van der Waals surface area contributed by atoms with Gasteiger partial charge in [-0.2, -0.15) is 5.10 Å². The van der Waals surface area contributed by atoms with Crippen LogP contribution in [0, 0.1) is 0 Å². The zero-order chi connectivity index (χ0) is 19.4. The van der Waals surface area contributed by atoms with Crippen LogP contribution in [-0.4, -0.2) is 48.6 Å². The summed E-state index contributed by atoms with van der Waals surface area (Å²) in [5.74, 6) is 0.183. The molecule has 3 rings (SSSR count). The standard InChI is InChI=1S/C19H26N4O3S/c1-3-14(2)22-27(25,26)17-8-6-15(7-9-17)19(24)23-12-4-5-16(13-23)18-10-11-20-21-18/h6-11,14,16,22H,3-5,12-13H2,1-2H3,(H,20,21)/t14-,16-/m1/s1. The number of H-pyrrole nitrogens is 1. The molecule has 1 amide bonds. The van der Waals surface area contributed by atoms with Gasteiger partial charge in [0.1, 0.15) is 0 Å². The van der Waals surface area contributed by atoms with Gasteiger partial charge in [0.2, 0.25) is 10.0 Å². The van der Waals surface area contributed by atoms with Gasteiger partial charge < -0.3 is 4.90 Å². The summed E-state index contributed by atoms with van der Waals surface area (Å²) in [6, 6.07) is 7.98. The summed E-state index contributed by atoms with van der Waals surface area (Å²) in [5.41, 5.74) is 1.55. The van der Waals surface area contributed by atoms with E-state index in [0.29, 0.717) is 25.1 Å². The highest BCUT2D eigenvalue weighted by Crippen LogP contribution is 2.26. The molecule has 0 unspecified atom stereocenters. The molecule has 0 saturated carbocycles. The van der Waals surface area contributed by atoms with E-state index in [1.165, 1.54) is 12.1 Å². The third-order valence-electron chi connectivity index (χ3n) is 5.05. The zero-order valence-corrected chi connectivity index (χ0v) is 16.5. The summed E-state index contributed by atoms with van der Waals surface area (Å²) in [5, 5.41) is 6.98. The van der Waals surface area contributed by atoms with E-state index in [4.69, 9.17) is 0 Å². The molecule has 2 atom stereocenters. The van der Waals surface area contributed by atoms with Crippen LogP contribution in [0.1, 0.15) is 55.1 Å². The van der Waals surface area contributed by atoms with E-state index in [-0.39, 0.29) is 22.8 Å². The number of rotatable bonds is 6. The number of amides is 1. The molecule has 0 bridgehead atoms. The molecule has 1 aromatic heterocycles. The molecule has 0 radical (unpaired) electrons. The minimum atomic E-state index is -3.56. The first-order chi connectivity index (χ1) is 12.9. The summed E-state index contributed by atoms with van der Waals surface area (Å²) in [4.78, 5) is 14.8. The highest BCUT2D eigenvalue weighted by atomic mass is 32.2. The first kappa shape index (κ1) is 19.6. The third-order valence-corrected chi connectivity index (χ3v) is 6.66. The van der Waals surface area contributed by atoms with Crippen molar-refractivity contribution < 1.29 is 13.2 Å². The van der Waals surface area contributed by atoms with E-state index in [9.17, 15) is 13.2 Å². The number of piperidine rings is 1. The van der Waals surface area contributed by atoms with Crippen molar-refractivity contribution in [1.82, 2.24) is 19.8 Å². The van der Waals surface area contributed by atoms with Gasteiger partial charge in [-0.3, -0.25) is 9.89 Å². The number of nitrogens with zero attached hydrogens (tertiary/aromatic N) is 2. The SMILES string of the molecule is CC[C@@H](C)NS(=O)(=O)c1ccc(C(=O)N2CCC[C@@H](c3ccn[nH]3)C2)cc1. The van der Waals surface area contributed by atoms with E-state index >= 15 is 0 Å². The van der Waals surface area contributed by atoms with E-state index in [0.717, 1.165) is 18.5 Å². The van der Waals surface area contributed by atoms with Crippen LogP contribution >= 0.6 is 0 Å². The summed E-state index contributed by atoms with van der Waals surface area (Å²) in [6.45, 7) is 5.09. The van der Waals surface area contributed by atoms with Crippen molar-refractivity contribution >= 4 is 15.9 Å². The average molecular weight is 391 g/mol. The van der Waals surface area contributed by atoms with Gasteiger partial charge in [0, 0.05) is 42.5 Å². The van der Waals surface area contributed by atoms with Crippen molar-refractivity contribution in [3.05, 3.63) is 47.8 Å². The average Bonchev–Trinajstić information content (AvgIpc) is 3.22. The minimum Gasteiger partial charge on any atom is -0.338 e. The number of carbonyl (C=O) groups excluding carboxylic acids is 1.